The molecule has 0 radical (unpaired) electrons. The molecule has 3 N–H and O–H groups in total. The van der Waals surface area contributed by atoms with Gasteiger partial charge >= 0.3 is 0 Å². The molecule has 0 saturated heterocycles. The van der Waals surface area contributed by atoms with Crippen LogP contribution < -0.4 is 16.1 Å². The highest BCUT2D eigenvalue weighted by molar-refractivity contribution is 6.33. The number of rotatable bonds is 3. The Kier molecular flexibility index (Phi) is 3.57. The number of aromatic nitrogens is 2. The lowest BCUT2D eigenvalue weighted by Gasteiger charge is -2.07. The molecule has 0 atom stereocenters. The molecule has 6 nitrogen and oxygen atoms in total. The lowest BCUT2D eigenvalue weighted by atomic mass is 10.2. The Morgan fingerprint density at radius 2 is 2.17 bits per heavy atom. The maximum absolute atomic E-state index is 8.73. The van der Waals surface area contributed by atoms with Crippen molar-refractivity contribution in [3.63, 3.8) is 0 Å². The number of hydrogen-bond donors (Lipinski definition) is 2. The van der Waals surface area contributed by atoms with E-state index in [0.29, 0.717) is 22.1 Å². The second-order valence-corrected chi connectivity index (χ2v) is 3.70. The molecule has 2 rings (SSSR count). The number of nitrogens with zero attached hydrogens (tertiary/aromatic N) is 3. The Balaban J connectivity index is 2.26. The third-order valence-corrected chi connectivity index (χ3v) is 2.44. The minimum absolute atomic E-state index is 0.234. The second kappa shape index (κ2) is 5.31. The van der Waals surface area contributed by atoms with Crippen molar-refractivity contribution in [2.45, 2.75) is 0 Å². The molecule has 0 spiro atoms. The fraction of sp³-hybridized carbons (Fsp3) is 0. The molecule has 90 valence electrons. The van der Waals surface area contributed by atoms with Gasteiger partial charge in [-0.25, -0.2) is 4.98 Å². The molecule has 0 fully saturated rings. The molecule has 0 amide bonds. The summed E-state index contributed by atoms with van der Waals surface area (Å²) in [6.45, 7) is 0. The summed E-state index contributed by atoms with van der Waals surface area (Å²) in [5, 5.41) is 12.1. The van der Waals surface area contributed by atoms with Crippen molar-refractivity contribution in [2.75, 3.05) is 5.32 Å². The van der Waals surface area contributed by atoms with Gasteiger partial charge < -0.3 is 10.2 Å². The van der Waals surface area contributed by atoms with Crippen LogP contribution in [0.3, 0.4) is 0 Å². The summed E-state index contributed by atoms with van der Waals surface area (Å²) in [6.07, 6.45) is 1.31. The van der Waals surface area contributed by atoms with Gasteiger partial charge in [-0.1, -0.05) is 11.6 Å². The SMILES string of the molecule is N#Cc1ccc(Nc2cc(ON)ncn2)c(Cl)c1. The van der Waals surface area contributed by atoms with Crippen molar-refractivity contribution in [1.82, 2.24) is 9.97 Å². The number of nitriles is 1. The van der Waals surface area contributed by atoms with Crippen molar-refractivity contribution in [3.8, 4) is 11.9 Å². The maximum atomic E-state index is 8.73. The van der Waals surface area contributed by atoms with E-state index in [9.17, 15) is 0 Å². The molecule has 2 aromatic rings. The molecule has 7 heteroatoms. The van der Waals surface area contributed by atoms with E-state index in [1.54, 1.807) is 18.2 Å². The zero-order valence-electron chi connectivity index (χ0n) is 9.09. The summed E-state index contributed by atoms with van der Waals surface area (Å²) < 4.78 is 0. The number of hydrogen-bond acceptors (Lipinski definition) is 6. The Hall–Kier alpha value is -2.36. The number of nitrogens with one attached hydrogen (secondary N) is 1. The molecule has 18 heavy (non-hydrogen) atoms. The highest BCUT2D eigenvalue weighted by atomic mass is 35.5. The first-order valence-electron chi connectivity index (χ1n) is 4.88. The van der Waals surface area contributed by atoms with Crippen molar-refractivity contribution in [2.24, 2.45) is 5.90 Å². The Labute approximate surface area is 108 Å². The van der Waals surface area contributed by atoms with E-state index >= 15 is 0 Å². The first-order valence-corrected chi connectivity index (χ1v) is 5.26. The summed E-state index contributed by atoms with van der Waals surface area (Å²) in [7, 11) is 0. The molecule has 0 bridgehead atoms. The molecule has 1 aromatic heterocycles. The zero-order valence-corrected chi connectivity index (χ0v) is 9.85. The zero-order chi connectivity index (χ0) is 13.0. The van der Waals surface area contributed by atoms with Crippen LogP contribution in [0.1, 0.15) is 5.56 Å². The standard InChI is InChI=1S/C11H8ClN5O/c12-8-3-7(5-13)1-2-9(8)17-10-4-11(18-14)16-6-15-10/h1-4,6H,14H2,(H,15,16,17). The van der Waals surface area contributed by atoms with Gasteiger partial charge in [-0.15, -0.1) is 0 Å². The molecule has 0 aliphatic rings. The van der Waals surface area contributed by atoms with E-state index in [2.05, 4.69) is 20.1 Å². The van der Waals surface area contributed by atoms with Gasteiger partial charge in [0.05, 0.1) is 22.3 Å². The smallest absolute Gasteiger partial charge is 0.242 e. The predicted molar refractivity (Wildman–Crippen MR) is 66.3 cm³/mol. The van der Waals surface area contributed by atoms with E-state index in [4.69, 9.17) is 22.8 Å². The van der Waals surface area contributed by atoms with Crippen LogP contribution in [0.5, 0.6) is 5.88 Å². The quantitative estimate of drug-likeness (QED) is 0.820. The normalized spacial score (nSPS) is 9.61. The lowest BCUT2D eigenvalue weighted by Crippen LogP contribution is -2.04. The average Bonchev–Trinajstić information content (AvgIpc) is 2.41. The van der Waals surface area contributed by atoms with Crippen LogP contribution >= 0.6 is 11.6 Å². The average molecular weight is 262 g/mol. The van der Waals surface area contributed by atoms with Gasteiger partial charge in [0.1, 0.15) is 12.1 Å². The van der Waals surface area contributed by atoms with E-state index in [1.807, 2.05) is 6.07 Å². The van der Waals surface area contributed by atoms with Crippen LogP contribution in [0.15, 0.2) is 30.6 Å². The maximum Gasteiger partial charge on any atom is 0.242 e. The molecule has 0 unspecified atom stereocenters. The monoisotopic (exact) mass is 261 g/mol. The molecule has 0 aliphatic heterocycles. The number of halogens is 1. The Morgan fingerprint density at radius 3 is 2.83 bits per heavy atom. The lowest BCUT2D eigenvalue weighted by molar-refractivity contribution is 0.320. The van der Waals surface area contributed by atoms with Gasteiger partial charge in [0.25, 0.3) is 0 Å². The molecule has 0 aliphatic carbocycles. The Bertz CT molecular complexity index is 611. The first kappa shape index (κ1) is 12.1. The van der Waals surface area contributed by atoms with Crippen LogP contribution in [0.2, 0.25) is 5.02 Å². The van der Waals surface area contributed by atoms with Crippen molar-refractivity contribution in [1.29, 1.82) is 5.26 Å². The predicted octanol–water partition coefficient (Wildman–Crippen LogP) is 2.00. The summed E-state index contributed by atoms with van der Waals surface area (Å²) in [6, 6.07) is 8.42. The molecule has 1 heterocycles. The van der Waals surface area contributed by atoms with Crippen molar-refractivity contribution < 1.29 is 4.84 Å². The third-order valence-electron chi connectivity index (χ3n) is 2.12. The van der Waals surface area contributed by atoms with Gasteiger partial charge in [0.2, 0.25) is 5.88 Å². The van der Waals surface area contributed by atoms with Gasteiger partial charge in [-0.05, 0) is 18.2 Å². The highest BCUT2D eigenvalue weighted by Gasteiger charge is 2.04. The van der Waals surface area contributed by atoms with E-state index < -0.39 is 0 Å². The minimum Gasteiger partial charge on any atom is -0.391 e. The molecular formula is C11H8ClN5O. The van der Waals surface area contributed by atoms with Gasteiger partial charge in [0.15, 0.2) is 0 Å². The van der Waals surface area contributed by atoms with Crippen molar-refractivity contribution in [3.05, 3.63) is 41.2 Å². The highest BCUT2D eigenvalue weighted by Crippen LogP contribution is 2.26. The summed E-state index contributed by atoms with van der Waals surface area (Å²) in [4.78, 5) is 12.3. The van der Waals surface area contributed by atoms with E-state index in [0.717, 1.165) is 0 Å². The van der Waals surface area contributed by atoms with Gasteiger partial charge in [-0.2, -0.15) is 16.1 Å². The summed E-state index contributed by atoms with van der Waals surface area (Å²) in [5.74, 6) is 5.72. The molecule has 1 aromatic carbocycles. The van der Waals surface area contributed by atoms with Gasteiger partial charge in [0, 0.05) is 6.07 Å². The van der Waals surface area contributed by atoms with Crippen LogP contribution in [-0.4, -0.2) is 9.97 Å². The number of nitrogens with two attached hydrogens (primary N) is 1. The fourth-order valence-electron chi connectivity index (χ4n) is 1.30. The second-order valence-electron chi connectivity index (χ2n) is 3.29. The van der Waals surface area contributed by atoms with E-state index in [-0.39, 0.29) is 5.88 Å². The van der Waals surface area contributed by atoms with Crippen LogP contribution in [-0.2, 0) is 0 Å². The first-order chi connectivity index (χ1) is 8.72. The topological polar surface area (TPSA) is 96.8 Å². The molecule has 0 saturated carbocycles. The third kappa shape index (κ3) is 2.66. The number of anilines is 2. The summed E-state index contributed by atoms with van der Waals surface area (Å²) in [5.41, 5.74) is 1.11. The Morgan fingerprint density at radius 1 is 1.33 bits per heavy atom. The fourth-order valence-corrected chi connectivity index (χ4v) is 1.52. The van der Waals surface area contributed by atoms with Crippen molar-refractivity contribution >= 4 is 23.1 Å². The van der Waals surface area contributed by atoms with Crippen LogP contribution in [0.25, 0.3) is 0 Å². The number of benzene rings is 1. The van der Waals surface area contributed by atoms with E-state index in [1.165, 1.54) is 12.4 Å². The van der Waals surface area contributed by atoms with Gasteiger partial charge in [-0.3, -0.25) is 0 Å². The van der Waals surface area contributed by atoms with Crippen LogP contribution in [0.4, 0.5) is 11.5 Å². The molecular weight excluding hydrogens is 254 g/mol. The van der Waals surface area contributed by atoms with Crippen LogP contribution in [0, 0.1) is 11.3 Å². The largest absolute Gasteiger partial charge is 0.391 e. The summed E-state index contributed by atoms with van der Waals surface area (Å²) >= 11 is 6.02. The minimum atomic E-state index is 0.234.